The Morgan fingerprint density at radius 3 is 2.67 bits per heavy atom. The number of carbonyl (C=O) groups is 1. The number of hydrogen-bond acceptors (Lipinski definition) is 5. The largest absolute Gasteiger partial charge is 0.496 e. The lowest BCUT2D eigenvalue weighted by Gasteiger charge is -2.19. The summed E-state index contributed by atoms with van der Waals surface area (Å²) in [6.07, 6.45) is 5.06. The van der Waals surface area contributed by atoms with E-state index in [1.807, 2.05) is 6.20 Å². The first-order chi connectivity index (χ1) is 12.8. The third kappa shape index (κ3) is 4.54. The monoisotopic (exact) mass is 408 g/mol. The van der Waals surface area contributed by atoms with Crippen LogP contribution in [-0.2, 0) is 21.4 Å². The van der Waals surface area contributed by atoms with Gasteiger partial charge in [0, 0.05) is 22.3 Å². The molecule has 0 fully saturated rings. The predicted molar refractivity (Wildman–Crippen MR) is 104 cm³/mol. The second-order valence-corrected chi connectivity index (χ2v) is 8.39. The van der Waals surface area contributed by atoms with Crippen molar-refractivity contribution in [2.45, 2.75) is 39.0 Å². The maximum Gasteiger partial charge on any atom is 0.282 e. The van der Waals surface area contributed by atoms with Crippen molar-refractivity contribution in [3.05, 3.63) is 57.7 Å². The summed E-state index contributed by atoms with van der Waals surface area (Å²) in [6, 6.07) is 4.88. The van der Waals surface area contributed by atoms with Gasteiger partial charge in [-0.25, -0.2) is 0 Å². The molecule has 0 saturated carbocycles. The summed E-state index contributed by atoms with van der Waals surface area (Å²) < 4.78 is 18.7. The molecular weight excluding hydrogens is 388 g/mol. The Hall–Kier alpha value is -2.25. The van der Waals surface area contributed by atoms with Gasteiger partial charge < -0.3 is 14.2 Å². The summed E-state index contributed by atoms with van der Waals surface area (Å²) in [5, 5.41) is 0.448. The Kier molecular flexibility index (Phi) is 5.62. The van der Waals surface area contributed by atoms with E-state index in [0.29, 0.717) is 27.4 Å². The topological polar surface area (TPSA) is 62.0 Å². The third-order valence-electron chi connectivity index (χ3n) is 3.89. The highest BCUT2D eigenvalue weighted by molar-refractivity contribution is 7.04. The molecule has 27 heavy (non-hydrogen) atoms. The van der Waals surface area contributed by atoms with Crippen LogP contribution in [0.15, 0.2) is 41.9 Å². The van der Waals surface area contributed by atoms with Gasteiger partial charge in [-0.05, 0) is 50.5 Å². The number of methoxy groups -OCH3 is 1. The second-order valence-electron chi connectivity index (χ2n) is 6.99. The summed E-state index contributed by atoms with van der Waals surface area (Å²) in [7, 11) is 1.51. The number of benzene rings is 1. The first-order valence-corrected chi connectivity index (χ1v) is 9.54. The van der Waals surface area contributed by atoms with Gasteiger partial charge in [-0.15, -0.1) is 0 Å². The van der Waals surface area contributed by atoms with E-state index in [0.717, 1.165) is 5.56 Å². The van der Waals surface area contributed by atoms with Gasteiger partial charge in [0.2, 0.25) is 6.29 Å². The zero-order valence-corrected chi connectivity index (χ0v) is 17.1. The summed E-state index contributed by atoms with van der Waals surface area (Å²) in [4.78, 5) is 17.2. The SMILES string of the molecule is COc1ccc(Cl)cc1C(=O)N=c1sn(C(C)(C)C)cc1CC1OC=CO1. The molecule has 0 bridgehead atoms. The normalized spacial score (nSPS) is 14.9. The second kappa shape index (κ2) is 7.78. The molecule has 0 saturated heterocycles. The first kappa shape index (κ1) is 19.5. The smallest absolute Gasteiger partial charge is 0.282 e. The molecule has 1 amide bonds. The molecule has 144 valence electrons. The molecule has 1 aromatic carbocycles. The van der Waals surface area contributed by atoms with E-state index in [-0.39, 0.29) is 5.54 Å². The molecule has 0 unspecified atom stereocenters. The van der Waals surface area contributed by atoms with Crippen molar-refractivity contribution in [2.75, 3.05) is 7.11 Å². The van der Waals surface area contributed by atoms with Gasteiger partial charge in [0.1, 0.15) is 22.9 Å². The van der Waals surface area contributed by atoms with Gasteiger partial charge in [0.25, 0.3) is 5.91 Å². The molecule has 2 heterocycles. The molecule has 0 spiro atoms. The molecular formula is C19H21ClN2O4S. The standard InChI is InChI=1S/C19H21ClN2O4S/c1-19(2,3)22-11-12(9-16-25-7-8-26-16)18(27-22)21-17(23)14-10-13(20)5-6-15(14)24-4/h5-8,10-11,16H,9H2,1-4H3. The van der Waals surface area contributed by atoms with Crippen LogP contribution in [0, 0.1) is 0 Å². The summed E-state index contributed by atoms with van der Waals surface area (Å²) in [5.74, 6) is 0.0199. The lowest BCUT2D eigenvalue weighted by Crippen LogP contribution is -2.18. The molecule has 1 aliphatic heterocycles. The van der Waals surface area contributed by atoms with Crippen LogP contribution in [0.4, 0.5) is 0 Å². The van der Waals surface area contributed by atoms with Crippen molar-refractivity contribution in [1.29, 1.82) is 0 Å². The third-order valence-corrected chi connectivity index (χ3v) is 5.50. The average molecular weight is 409 g/mol. The number of amides is 1. The van der Waals surface area contributed by atoms with E-state index >= 15 is 0 Å². The number of halogens is 1. The number of ether oxygens (including phenoxy) is 3. The lowest BCUT2D eigenvalue weighted by molar-refractivity contribution is -0.0211. The fraction of sp³-hybridized carbons (Fsp3) is 0.368. The molecule has 0 radical (unpaired) electrons. The van der Waals surface area contributed by atoms with Crippen LogP contribution in [0.1, 0.15) is 36.7 Å². The van der Waals surface area contributed by atoms with Gasteiger partial charge in [0.15, 0.2) is 0 Å². The van der Waals surface area contributed by atoms with Gasteiger partial charge in [-0.2, -0.15) is 4.99 Å². The highest BCUT2D eigenvalue weighted by Gasteiger charge is 2.21. The molecule has 8 heteroatoms. The van der Waals surface area contributed by atoms with Gasteiger partial charge in [-0.1, -0.05) is 11.6 Å². The number of carbonyl (C=O) groups excluding carboxylic acids is 1. The van der Waals surface area contributed by atoms with Crippen LogP contribution in [0.25, 0.3) is 0 Å². The van der Waals surface area contributed by atoms with Gasteiger partial charge in [-0.3, -0.25) is 8.75 Å². The van der Waals surface area contributed by atoms with E-state index in [1.165, 1.54) is 31.2 Å². The Bertz CT molecular complexity index is 932. The predicted octanol–water partition coefficient (Wildman–Crippen LogP) is 4.09. The van der Waals surface area contributed by atoms with Crippen LogP contribution in [-0.4, -0.2) is 23.3 Å². The van der Waals surface area contributed by atoms with Crippen molar-refractivity contribution in [3.63, 3.8) is 0 Å². The summed E-state index contributed by atoms with van der Waals surface area (Å²) in [6.45, 7) is 6.26. The van der Waals surface area contributed by atoms with Crippen LogP contribution < -0.4 is 9.41 Å². The van der Waals surface area contributed by atoms with Crippen molar-refractivity contribution >= 4 is 29.0 Å². The molecule has 6 nitrogen and oxygen atoms in total. The molecule has 3 rings (SSSR count). The number of hydrogen-bond donors (Lipinski definition) is 0. The zero-order chi connectivity index (χ0) is 19.6. The fourth-order valence-corrected chi connectivity index (χ4v) is 3.67. The first-order valence-electron chi connectivity index (χ1n) is 8.39. The minimum absolute atomic E-state index is 0.139. The van der Waals surface area contributed by atoms with Crippen molar-refractivity contribution < 1.29 is 19.0 Å². The Labute approximate surface area is 166 Å². The van der Waals surface area contributed by atoms with E-state index in [2.05, 4.69) is 29.7 Å². The molecule has 2 aromatic rings. The highest BCUT2D eigenvalue weighted by atomic mass is 35.5. The Morgan fingerprint density at radius 1 is 1.33 bits per heavy atom. The van der Waals surface area contributed by atoms with Crippen molar-refractivity contribution in [3.8, 4) is 5.75 Å². The number of nitrogens with zero attached hydrogens (tertiary/aromatic N) is 2. The van der Waals surface area contributed by atoms with Crippen LogP contribution >= 0.6 is 23.1 Å². The van der Waals surface area contributed by atoms with E-state index in [9.17, 15) is 4.79 Å². The molecule has 0 atom stereocenters. The zero-order valence-electron chi connectivity index (χ0n) is 15.6. The van der Waals surface area contributed by atoms with Crippen LogP contribution in [0.5, 0.6) is 5.75 Å². The average Bonchev–Trinajstić information content (AvgIpc) is 3.25. The number of rotatable bonds is 4. The molecule has 1 aromatic heterocycles. The molecule has 1 aliphatic rings. The minimum atomic E-state index is -0.419. The Balaban J connectivity index is 2.02. The quantitative estimate of drug-likeness (QED) is 0.764. The van der Waals surface area contributed by atoms with E-state index in [1.54, 1.807) is 18.2 Å². The maximum absolute atomic E-state index is 12.8. The van der Waals surface area contributed by atoms with Crippen LogP contribution in [0.3, 0.4) is 0 Å². The van der Waals surface area contributed by atoms with E-state index < -0.39 is 12.2 Å². The minimum Gasteiger partial charge on any atom is -0.496 e. The molecule has 0 aliphatic carbocycles. The summed E-state index contributed by atoms with van der Waals surface area (Å²) in [5.41, 5.74) is 1.05. The molecule has 0 N–H and O–H groups in total. The van der Waals surface area contributed by atoms with E-state index in [4.69, 9.17) is 25.8 Å². The van der Waals surface area contributed by atoms with Crippen molar-refractivity contribution in [2.24, 2.45) is 4.99 Å². The van der Waals surface area contributed by atoms with Gasteiger partial charge >= 0.3 is 0 Å². The maximum atomic E-state index is 12.8. The number of aromatic nitrogens is 1. The van der Waals surface area contributed by atoms with Crippen molar-refractivity contribution in [1.82, 2.24) is 3.96 Å². The van der Waals surface area contributed by atoms with Crippen LogP contribution in [0.2, 0.25) is 5.02 Å². The lowest BCUT2D eigenvalue weighted by atomic mass is 10.1. The summed E-state index contributed by atoms with van der Waals surface area (Å²) >= 11 is 7.45. The highest BCUT2D eigenvalue weighted by Crippen LogP contribution is 2.24. The Morgan fingerprint density at radius 2 is 2.04 bits per heavy atom. The fourth-order valence-electron chi connectivity index (χ4n) is 2.48. The van der Waals surface area contributed by atoms with Gasteiger partial charge in [0.05, 0.1) is 19.1 Å².